The zero-order valence-electron chi connectivity index (χ0n) is 9.42. The van der Waals surface area contributed by atoms with Gasteiger partial charge in [-0.1, -0.05) is 0 Å². The van der Waals surface area contributed by atoms with E-state index in [0.717, 1.165) is 5.82 Å². The summed E-state index contributed by atoms with van der Waals surface area (Å²) in [6.07, 6.45) is 4.27. The van der Waals surface area contributed by atoms with Crippen molar-refractivity contribution in [2.75, 3.05) is 5.73 Å². The number of nitrogen functional groups attached to an aromatic ring is 1. The van der Waals surface area contributed by atoms with E-state index in [1.165, 1.54) is 0 Å². The minimum atomic E-state index is -2.45. The lowest BCUT2D eigenvalue weighted by Gasteiger charge is -2.12. The van der Waals surface area contributed by atoms with Crippen LogP contribution in [-0.4, -0.2) is 25.5 Å². The second-order valence-electron chi connectivity index (χ2n) is 5.12. The molecule has 0 amide bonds. The summed E-state index contributed by atoms with van der Waals surface area (Å²) in [5, 5.41) is 8.07. The third kappa shape index (κ3) is 1.11. The van der Waals surface area contributed by atoms with Gasteiger partial charge in [0.15, 0.2) is 5.82 Å². The molecule has 2 saturated carbocycles. The molecular weight excluding hydrogens is 240 g/mol. The van der Waals surface area contributed by atoms with E-state index in [4.69, 9.17) is 5.73 Å². The highest BCUT2D eigenvalue weighted by Crippen LogP contribution is 2.67. The number of anilines is 1. The first kappa shape index (κ1) is 10.2. The first-order chi connectivity index (χ1) is 8.59. The molecule has 0 bridgehead atoms. The summed E-state index contributed by atoms with van der Waals surface area (Å²) < 4.78 is 28.1. The van der Waals surface area contributed by atoms with Crippen molar-refractivity contribution in [1.82, 2.24) is 19.6 Å². The van der Waals surface area contributed by atoms with E-state index < -0.39 is 17.8 Å². The molecular formula is C11H11F2N5. The molecule has 0 spiro atoms. The van der Waals surface area contributed by atoms with Crippen LogP contribution in [0, 0.1) is 11.8 Å². The van der Waals surface area contributed by atoms with Gasteiger partial charge in [0, 0.05) is 30.1 Å². The third-order valence-corrected chi connectivity index (χ3v) is 4.19. The van der Waals surface area contributed by atoms with Crippen LogP contribution in [0.5, 0.6) is 0 Å². The van der Waals surface area contributed by atoms with Gasteiger partial charge >= 0.3 is 0 Å². The molecule has 2 atom stereocenters. The van der Waals surface area contributed by atoms with Crippen LogP contribution in [-0.2, 0) is 0 Å². The van der Waals surface area contributed by atoms with Gasteiger partial charge < -0.3 is 5.73 Å². The first-order valence-corrected chi connectivity index (χ1v) is 5.92. The maximum atomic E-state index is 13.2. The highest BCUT2D eigenvalue weighted by atomic mass is 19.3. The summed E-state index contributed by atoms with van der Waals surface area (Å²) in [5.74, 6) is -2.29. The average molecular weight is 251 g/mol. The molecule has 94 valence electrons. The lowest BCUT2D eigenvalue weighted by atomic mass is 10.0. The van der Waals surface area contributed by atoms with Gasteiger partial charge in [-0.05, 0) is 12.8 Å². The molecule has 0 radical (unpaired) electrons. The van der Waals surface area contributed by atoms with E-state index in [0.29, 0.717) is 24.3 Å². The number of fused-ring (bicyclic) bond motifs is 2. The van der Waals surface area contributed by atoms with Gasteiger partial charge in [0.2, 0.25) is 5.65 Å². The maximum Gasteiger partial charge on any atom is 0.254 e. The third-order valence-electron chi connectivity index (χ3n) is 4.19. The molecule has 2 heterocycles. The molecule has 2 N–H and O–H groups in total. The van der Waals surface area contributed by atoms with Crippen molar-refractivity contribution in [3.05, 3.63) is 18.2 Å². The largest absolute Gasteiger partial charge is 0.381 e. The van der Waals surface area contributed by atoms with Gasteiger partial charge in [-0.2, -0.15) is 0 Å². The van der Waals surface area contributed by atoms with Gasteiger partial charge in [-0.15, -0.1) is 10.2 Å². The van der Waals surface area contributed by atoms with Gasteiger partial charge in [0.1, 0.15) is 5.82 Å². The summed E-state index contributed by atoms with van der Waals surface area (Å²) in [6, 6.07) is 0. The van der Waals surface area contributed by atoms with Crippen LogP contribution >= 0.6 is 0 Å². The number of hydrogen-bond acceptors (Lipinski definition) is 4. The Balaban J connectivity index is 1.71. The normalized spacial score (nSPS) is 32.7. The zero-order chi connectivity index (χ0) is 12.5. The number of alkyl halides is 2. The molecule has 2 fully saturated rings. The van der Waals surface area contributed by atoms with E-state index in [-0.39, 0.29) is 5.92 Å². The molecule has 0 aliphatic heterocycles. The lowest BCUT2D eigenvalue weighted by Crippen LogP contribution is -2.10. The van der Waals surface area contributed by atoms with Gasteiger partial charge in [-0.25, -0.2) is 13.8 Å². The number of nitrogens with zero attached hydrogens (tertiary/aromatic N) is 4. The van der Waals surface area contributed by atoms with Crippen LogP contribution in [0.3, 0.4) is 0 Å². The molecule has 0 aromatic carbocycles. The highest BCUT2D eigenvalue weighted by molar-refractivity contribution is 5.58. The Morgan fingerprint density at radius 1 is 1.28 bits per heavy atom. The van der Waals surface area contributed by atoms with Crippen molar-refractivity contribution >= 4 is 11.5 Å². The van der Waals surface area contributed by atoms with Crippen molar-refractivity contribution in [3.63, 3.8) is 0 Å². The molecule has 7 heteroatoms. The SMILES string of the molecule is Nc1nccn2c(C3CC4C(C3)C4(F)F)nnc12. The molecule has 2 aromatic rings. The maximum absolute atomic E-state index is 13.2. The summed E-state index contributed by atoms with van der Waals surface area (Å²) in [4.78, 5) is 3.93. The minimum Gasteiger partial charge on any atom is -0.381 e. The summed E-state index contributed by atoms with van der Waals surface area (Å²) in [6.45, 7) is 0. The fraction of sp³-hybridized carbons (Fsp3) is 0.545. The van der Waals surface area contributed by atoms with Gasteiger partial charge in [-0.3, -0.25) is 4.40 Å². The number of aromatic nitrogens is 4. The van der Waals surface area contributed by atoms with Crippen molar-refractivity contribution in [2.24, 2.45) is 11.8 Å². The standard InChI is InChI=1S/C11H11F2N5/c12-11(13)6-3-5(4-7(6)11)9-16-17-10-8(14)15-1-2-18(9)10/h1-2,5-7H,3-4H2,(H2,14,15). The molecule has 18 heavy (non-hydrogen) atoms. The van der Waals surface area contributed by atoms with E-state index in [1.54, 1.807) is 16.8 Å². The predicted molar refractivity (Wildman–Crippen MR) is 59.1 cm³/mol. The van der Waals surface area contributed by atoms with E-state index >= 15 is 0 Å². The Morgan fingerprint density at radius 2 is 2.00 bits per heavy atom. The Morgan fingerprint density at radius 3 is 2.72 bits per heavy atom. The van der Waals surface area contributed by atoms with Crippen molar-refractivity contribution in [1.29, 1.82) is 0 Å². The average Bonchev–Trinajstić information content (AvgIpc) is 2.80. The smallest absolute Gasteiger partial charge is 0.254 e. The Labute approximate surface area is 101 Å². The zero-order valence-corrected chi connectivity index (χ0v) is 9.42. The molecule has 2 unspecified atom stereocenters. The van der Waals surface area contributed by atoms with Crippen LogP contribution in [0.1, 0.15) is 24.6 Å². The minimum absolute atomic E-state index is 0.0522. The van der Waals surface area contributed by atoms with Gasteiger partial charge in [0.05, 0.1) is 0 Å². The Hall–Kier alpha value is -1.79. The van der Waals surface area contributed by atoms with Crippen LogP contribution in [0.25, 0.3) is 5.65 Å². The molecule has 0 saturated heterocycles. The van der Waals surface area contributed by atoms with Crippen LogP contribution < -0.4 is 5.73 Å². The number of hydrogen-bond donors (Lipinski definition) is 1. The van der Waals surface area contributed by atoms with Crippen LogP contribution in [0.2, 0.25) is 0 Å². The summed E-state index contributed by atoms with van der Waals surface area (Å²) >= 11 is 0. The van der Waals surface area contributed by atoms with E-state index in [1.807, 2.05) is 0 Å². The quantitative estimate of drug-likeness (QED) is 0.833. The molecule has 2 aromatic heterocycles. The topological polar surface area (TPSA) is 69.1 Å². The fourth-order valence-corrected chi connectivity index (χ4v) is 3.16. The Bertz CT molecular complexity index is 623. The predicted octanol–water partition coefficient (Wildman–Crippen LogP) is 1.47. The first-order valence-electron chi connectivity index (χ1n) is 5.92. The number of rotatable bonds is 1. The van der Waals surface area contributed by atoms with E-state index in [2.05, 4.69) is 15.2 Å². The van der Waals surface area contributed by atoms with Crippen molar-refractivity contribution in [3.8, 4) is 0 Å². The van der Waals surface area contributed by atoms with Crippen LogP contribution in [0.15, 0.2) is 12.4 Å². The highest BCUT2D eigenvalue weighted by Gasteiger charge is 2.71. The monoisotopic (exact) mass is 251 g/mol. The summed E-state index contributed by atoms with van der Waals surface area (Å²) in [5.41, 5.74) is 6.19. The van der Waals surface area contributed by atoms with Crippen molar-refractivity contribution < 1.29 is 8.78 Å². The molecule has 2 aliphatic carbocycles. The molecule has 4 rings (SSSR count). The van der Waals surface area contributed by atoms with Crippen LogP contribution in [0.4, 0.5) is 14.6 Å². The number of halogens is 2. The number of nitrogens with two attached hydrogens (primary N) is 1. The van der Waals surface area contributed by atoms with Gasteiger partial charge in [0.25, 0.3) is 5.92 Å². The lowest BCUT2D eigenvalue weighted by molar-refractivity contribution is 0.0690. The Kier molecular flexibility index (Phi) is 1.67. The molecule has 2 aliphatic rings. The van der Waals surface area contributed by atoms with Crippen molar-refractivity contribution in [2.45, 2.75) is 24.7 Å². The molecule has 5 nitrogen and oxygen atoms in total. The summed E-state index contributed by atoms with van der Waals surface area (Å²) in [7, 11) is 0. The fourth-order valence-electron chi connectivity index (χ4n) is 3.16. The van der Waals surface area contributed by atoms with E-state index in [9.17, 15) is 8.78 Å². The second kappa shape index (κ2) is 2.96. The second-order valence-corrected chi connectivity index (χ2v) is 5.12.